The summed E-state index contributed by atoms with van der Waals surface area (Å²) in [6, 6.07) is 7.35. The summed E-state index contributed by atoms with van der Waals surface area (Å²) in [5, 5.41) is 5.75. The number of aromatic nitrogens is 2. The van der Waals surface area contributed by atoms with Crippen LogP contribution in [-0.2, 0) is 13.6 Å². The molecule has 0 saturated carbocycles. The van der Waals surface area contributed by atoms with Gasteiger partial charge < -0.3 is 9.80 Å². The minimum Gasteiger partial charge on any atom is -0.372 e. The lowest BCUT2D eigenvalue weighted by atomic mass is 9.81. The number of aryl methyl sites for hydroxylation is 1. The van der Waals surface area contributed by atoms with Gasteiger partial charge in [0.25, 0.3) is 5.91 Å². The third-order valence-electron chi connectivity index (χ3n) is 6.42. The lowest BCUT2D eigenvalue weighted by molar-refractivity contribution is 0.0179. The fraction of sp³-hybridized carbons (Fsp3) is 0.500. The van der Waals surface area contributed by atoms with E-state index in [9.17, 15) is 4.79 Å². The maximum Gasteiger partial charge on any atom is 0.255 e. The van der Waals surface area contributed by atoms with Crippen molar-refractivity contribution in [2.45, 2.75) is 56.8 Å². The first-order chi connectivity index (χ1) is 12.2. The quantitative estimate of drug-likeness (QED) is 0.846. The highest BCUT2D eigenvalue weighted by atomic mass is 16.2. The molecule has 0 radical (unpaired) electrons. The van der Waals surface area contributed by atoms with Gasteiger partial charge in [0, 0.05) is 30.6 Å². The van der Waals surface area contributed by atoms with Gasteiger partial charge in [-0.2, -0.15) is 5.10 Å². The molecule has 0 spiro atoms. The van der Waals surface area contributed by atoms with Crippen LogP contribution in [0.15, 0.2) is 31.0 Å². The number of amides is 1. The first-order valence-electron chi connectivity index (χ1n) is 9.33. The van der Waals surface area contributed by atoms with Crippen molar-refractivity contribution in [1.82, 2.24) is 19.6 Å². The molecule has 5 rings (SSSR count). The highest BCUT2D eigenvalue weighted by Crippen LogP contribution is 2.39. The van der Waals surface area contributed by atoms with E-state index in [0.29, 0.717) is 24.7 Å². The van der Waals surface area contributed by atoms with Crippen LogP contribution >= 0.6 is 0 Å². The molecule has 0 aliphatic carbocycles. The molecular formula is C20H24N4O. The van der Waals surface area contributed by atoms with Crippen molar-refractivity contribution in [2.24, 2.45) is 7.05 Å². The second kappa shape index (κ2) is 5.35. The summed E-state index contributed by atoms with van der Waals surface area (Å²) in [5.74, 6) is 0.182. The molecule has 0 N–H and O–H groups in total. The average Bonchev–Trinajstić information content (AvgIpc) is 2.94. The molecule has 2 saturated heterocycles. The summed E-state index contributed by atoms with van der Waals surface area (Å²) < 4.78 is 1.90. The molecule has 130 valence electrons. The molecule has 2 atom stereocenters. The molecule has 2 bridgehead atoms. The van der Waals surface area contributed by atoms with E-state index in [1.54, 1.807) is 0 Å². The van der Waals surface area contributed by atoms with Crippen LogP contribution in [0.1, 0.15) is 48.2 Å². The zero-order valence-corrected chi connectivity index (χ0v) is 14.7. The van der Waals surface area contributed by atoms with Gasteiger partial charge in [0.2, 0.25) is 0 Å². The minimum absolute atomic E-state index is 0.182. The zero-order chi connectivity index (χ0) is 17.1. The van der Waals surface area contributed by atoms with Gasteiger partial charge in [0.1, 0.15) is 0 Å². The zero-order valence-electron chi connectivity index (χ0n) is 14.7. The second-order valence-corrected chi connectivity index (χ2v) is 7.70. The van der Waals surface area contributed by atoms with E-state index in [1.165, 1.54) is 19.3 Å². The Hall–Kier alpha value is -2.30. The normalized spacial score (nSPS) is 28.5. The lowest BCUT2D eigenvalue weighted by Gasteiger charge is -2.51. The van der Waals surface area contributed by atoms with Crippen molar-refractivity contribution < 1.29 is 4.79 Å². The Morgan fingerprint density at radius 1 is 1.20 bits per heavy atom. The van der Waals surface area contributed by atoms with E-state index < -0.39 is 0 Å². The molecule has 1 aromatic heterocycles. The standard InChI is InChI=1S/C20H24N4O/c1-3-23-13-6-4-7-14(23)11-15(10-13)24-12-17-19-16(20(24)25)8-5-9-18(19)22(2)21-17/h3,5,8-9,13-15H,1,4,6-7,10-12H2,2H3. The Bertz CT molecular complexity index is 856. The molecule has 2 unspecified atom stereocenters. The Kier molecular flexibility index (Phi) is 3.21. The highest BCUT2D eigenvalue weighted by molar-refractivity contribution is 6.09. The molecular weight excluding hydrogens is 312 g/mol. The third-order valence-corrected chi connectivity index (χ3v) is 6.42. The third kappa shape index (κ3) is 2.08. The van der Waals surface area contributed by atoms with Crippen molar-refractivity contribution in [2.75, 3.05) is 0 Å². The summed E-state index contributed by atoms with van der Waals surface area (Å²) in [6.07, 6.45) is 7.83. The number of hydrogen-bond donors (Lipinski definition) is 0. The number of benzene rings is 1. The number of hydrogen-bond acceptors (Lipinski definition) is 3. The van der Waals surface area contributed by atoms with Crippen LogP contribution in [-0.4, -0.2) is 43.6 Å². The summed E-state index contributed by atoms with van der Waals surface area (Å²) in [4.78, 5) is 17.8. The number of fused-ring (bicyclic) bond motifs is 2. The van der Waals surface area contributed by atoms with Crippen LogP contribution in [0.3, 0.4) is 0 Å². The SMILES string of the molecule is C=CN1C2CCCC1CC(N1Cc3nn(C)c4cccc(c34)C1=O)C2. The van der Waals surface area contributed by atoms with Crippen LogP contribution in [0.25, 0.3) is 10.9 Å². The Balaban J connectivity index is 1.50. The molecule has 25 heavy (non-hydrogen) atoms. The van der Waals surface area contributed by atoms with E-state index in [1.807, 2.05) is 36.1 Å². The van der Waals surface area contributed by atoms with Crippen molar-refractivity contribution in [1.29, 1.82) is 0 Å². The van der Waals surface area contributed by atoms with Crippen LogP contribution in [0.4, 0.5) is 0 Å². The maximum absolute atomic E-state index is 13.2. The molecule has 5 nitrogen and oxygen atoms in total. The number of nitrogens with zero attached hydrogens (tertiary/aromatic N) is 4. The van der Waals surface area contributed by atoms with Crippen molar-refractivity contribution in [3.8, 4) is 0 Å². The van der Waals surface area contributed by atoms with Crippen molar-refractivity contribution in [3.63, 3.8) is 0 Å². The van der Waals surface area contributed by atoms with E-state index in [0.717, 1.165) is 35.0 Å². The molecule has 1 amide bonds. The molecule has 2 fully saturated rings. The van der Waals surface area contributed by atoms with Crippen molar-refractivity contribution in [3.05, 3.63) is 42.2 Å². The van der Waals surface area contributed by atoms with E-state index in [4.69, 9.17) is 5.10 Å². The van der Waals surface area contributed by atoms with Crippen molar-refractivity contribution >= 4 is 16.8 Å². The maximum atomic E-state index is 13.2. The van der Waals surface area contributed by atoms with Gasteiger partial charge in [0.05, 0.1) is 23.3 Å². The van der Waals surface area contributed by atoms with Gasteiger partial charge >= 0.3 is 0 Å². The van der Waals surface area contributed by atoms with E-state index >= 15 is 0 Å². The Morgan fingerprint density at radius 2 is 1.96 bits per heavy atom. The van der Waals surface area contributed by atoms with Gasteiger partial charge in [-0.1, -0.05) is 12.6 Å². The van der Waals surface area contributed by atoms with Gasteiger partial charge in [0.15, 0.2) is 0 Å². The van der Waals surface area contributed by atoms with Crippen LogP contribution < -0.4 is 0 Å². The summed E-state index contributed by atoms with van der Waals surface area (Å²) >= 11 is 0. The number of carbonyl (C=O) groups is 1. The molecule has 3 aliphatic heterocycles. The fourth-order valence-electron chi connectivity index (χ4n) is 5.31. The highest BCUT2D eigenvalue weighted by Gasteiger charge is 2.41. The number of carbonyl (C=O) groups excluding carboxylic acids is 1. The summed E-state index contributed by atoms with van der Waals surface area (Å²) in [7, 11) is 1.96. The van der Waals surface area contributed by atoms with Gasteiger partial charge in [-0.05, 0) is 50.4 Å². The van der Waals surface area contributed by atoms with Gasteiger partial charge in [-0.25, -0.2) is 0 Å². The monoisotopic (exact) mass is 336 g/mol. The summed E-state index contributed by atoms with van der Waals surface area (Å²) in [6.45, 7) is 4.65. The fourth-order valence-corrected chi connectivity index (χ4v) is 5.31. The van der Waals surface area contributed by atoms with Crippen LogP contribution in [0.2, 0.25) is 0 Å². The number of piperidine rings is 2. The minimum atomic E-state index is 0.182. The molecule has 4 heterocycles. The van der Waals surface area contributed by atoms with Crippen LogP contribution in [0.5, 0.6) is 0 Å². The smallest absolute Gasteiger partial charge is 0.255 e. The largest absolute Gasteiger partial charge is 0.372 e. The van der Waals surface area contributed by atoms with Crippen LogP contribution in [0, 0.1) is 0 Å². The van der Waals surface area contributed by atoms with E-state index in [2.05, 4.69) is 16.4 Å². The molecule has 5 heteroatoms. The molecule has 3 aliphatic rings. The molecule has 2 aromatic rings. The predicted molar refractivity (Wildman–Crippen MR) is 97.1 cm³/mol. The van der Waals surface area contributed by atoms with Gasteiger partial charge in [-0.15, -0.1) is 0 Å². The number of rotatable bonds is 2. The Labute approximate surface area is 147 Å². The average molecular weight is 336 g/mol. The first kappa shape index (κ1) is 15.0. The predicted octanol–water partition coefficient (Wildman–Crippen LogP) is 3.06. The topological polar surface area (TPSA) is 41.4 Å². The van der Waals surface area contributed by atoms with Gasteiger partial charge in [-0.3, -0.25) is 9.48 Å². The lowest BCUT2D eigenvalue weighted by Crippen LogP contribution is -2.56. The second-order valence-electron chi connectivity index (χ2n) is 7.70. The first-order valence-corrected chi connectivity index (χ1v) is 9.33. The van der Waals surface area contributed by atoms with E-state index in [-0.39, 0.29) is 5.91 Å². The Morgan fingerprint density at radius 3 is 2.68 bits per heavy atom. The summed E-state index contributed by atoms with van der Waals surface area (Å²) in [5.41, 5.74) is 2.92. The molecule has 1 aromatic carbocycles.